The fourth-order valence-corrected chi connectivity index (χ4v) is 4.05. The van der Waals surface area contributed by atoms with E-state index in [1.165, 1.54) is 5.56 Å². The fourth-order valence-electron chi connectivity index (χ4n) is 4.05. The summed E-state index contributed by atoms with van der Waals surface area (Å²) in [5, 5.41) is 11.7. The number of aliphatic hydroxyl groups is 1. The van der Waals surface area contributed by atoms with E-state index in [-0.39, 0.29) is 11.8 Å². The lowest BCUT2D eigenvalue weighted by Crippen LogP contribution is -2.29. The number of amides is 1. The topological polar surface area (TPSA) is 53.4 Å². The molecular weight excluding hydrogens is 348 g/mol. The summed E-state index contributed by atoms with van der Waals surface area (Å²) in [5.41, 5.74) is 4.00. The molecule has 1 saturated heterocycles. The van der Waals surface area contributed by atoms with Crippen molar-refractivity contribution < 1.29 is 9.90 Å². The number of nitrogens with zero attached hydrogens (tertiary/aromatic N) is 2. The van der Waals surface area contributed by atoms with Crippen LogP contribution in [0.5, 0.6) is 0 Å². The van der Waals surface area contributed by atoms with Crippen molar-refractivity contribution in [2.24, 2.45) is 5.92 Å². The van der Waals surface area contributed by atoms with Crippen molar-refractivity contribution in [2.75, 3.05) is 13.1 Å². The molecule has 4 nitrogen and oxygen atoms in total. The molecule has 2 heterocycles. The molecule has 1 N–H and O–H groups in total. The highest BCUT2D eigenvalue weighted by atomic mass is 16.3. The largest absolute Gasteiger partial charge is 0.391 e. The second-order valence-electron chi connectivity index (χ2n) is 8.01. The maximum atomic E-state index is 13.0. The van der Waals surface area contributed by atoms with Crippen LogP contribution >= 0.6 is 0 Å². The predicted molar refractivity (Wildman–Crippen MR) is 111 cm³/mol. The van der Waals surface area contributed by atoms with E-state index >= 15 is 0 Å². The number of fused-ring (bicyclic) bond motifs is 1. The summed E-state index contributed by atoms with van der Waals surface area (Å²) >= 11 is 0. The number of β-amino-alcohol motifs (C(OH)–C–C–N with tert-alkyl or cyclic N) is 1. The van der Waals surface area contributed by atoms with E-state index in [0.717, 1.165) is 22.9 Å². The molecule has 1 aliphatic rings. The molecule has 2 aromatic carbocycles. The van der Waals surface area contributed by atoms with Gasteiger partial charge >= 0.3 is 0 Å². The van der Waals surface area contributed by atoms with Gasteiger partial charge in [-0.05, 0) is 47.7 Å². The molecule has 0 bridgehead atoms. The molecule has 0 aliphatic carbocycles. The smallest absolute Gasteiger partial charge is 0.253 e. The normalized spacial score (nSPS) is 19.5. The maximum Gasteiger partial charge on any atom is 0.253 e. The monoisotopic (exact) mass is 374 g/mol. The van der Waals surface area contributed by atoms with Crippen LogP contribution in [0.3, 0.4) is 0 Å². The first-order valence-corrected chi connectivity index (χ1v) is 9.93. The summed E-state index contributed by atoms with van der Waals surface area (Å²) in [7, 11) is 0. The van der Waals surface area contributed by atoms with Gasteiger partial charge in [-0.3, -0.25) is 9.78 Å². The van der Waals surface area contributed by atoms with E-state index < -0.39 is 6.10 Å². The molecule has 28 heavy (non-hydrogen) atoms. The molecule has 2 atom stereocenters. The number of hydrogen-bond donors (Lipinski definition) is 1. The molecule has 4 rings (SSSR count). The Hall–Kier alpha value is -2.72. The van der Waals surface area contributed by atoms with Crippen LogP contribution in [0.4, 0.5) is 0 Å². The van der Waals surface area contributed by atoms with Gasteiger partial charge in [-0.15, -0.1) is 0 Å². The summed E-state index contributed by atoms with van der Waals surface area (Å²) < 4.78 is 0. The van der Waals surface area contributed by atoms with Crippen molar-refractivity contribution in [3.05, 3.63) is 77.5 Å². The minimum absolute atomic E-state index is 0.00337. The summed E-state index contributed by atoms with van der Waals surface area (Å²) in [4.78, 5) is 19.2. The summed E-state index contributed by atoms with van der Waals surface area (Å²) in [6.07, 6.45) is 2.04. The zero-order valence-electron chi connectivity index (χ0n) is 16.4. The summed E-state index contributed by atoms with van der Waals surface area (Å²) in [6, 6.07) is 17.9. The average molecular weight is 374 g/mol. The van der Waals surface area contributed by atoms with E-state index in [1.807, 2.05) is 48.7 Å². The molecular formula is C24H26N2O2. The van der Waals surface area contributed by atoms with Crippen LogP contribution in [0.2, 0.25) is 0 Å². The Balaban J connectivity index is 1.51. The molecule has 1 amide bonds. The van der Waals surface area contributed by atoms with Crippen molar-refractivity contribution in [2.45, 2.75) is 32.3 Å². The second kappa shape index (κ2) is 7.72. The number of rotatable bonds is 4. The van der Waals surface area contributed by atoms with Crippen molar-refractivity contribution in [1.29, 1.82) is 0 Å². The minimum Gasteiger partial charge on any atom is -0.391 e. The van der Waals surface area contributed by atoms with Crippen molar-refractivity contribution >= 4 is 16.8 Å². The first kappa shape index (κ1) is 18.6. The van der Waals surface area contributed by atoms with Crippen LogP contribution in [0, 0.1) is 5.92 Å². The SMILES string of the molecule is CC(C)c1cccc(C(=O)N2C[C@@H](Cc3ccnc4ccccc34)[C@@H](O)C2)c1. The van der Waals surface area contributed by atoms with E-state index in [1.54, 1.807) is 4.90 Å². The Morgan fingerprint density at radius 2 is 1.96 bits per heavy atom. The first-order chi connectivity index (χ1) is 13.5. The second-order valence-corrected chi connectivity index (χ2v) is 8.01. The fraction of sp³-hybridized carbons (Fsp3) is 0.333. The molecule has 3 aromatic rings. The Morgan fingerprint density at radius 3 is 2.79 bits per heavy atom. The Kier molecular flexibility index (Phi) is 5.14. The number of hydrogen-bond acceptors (Lipinski definition) is 3. The van der Waals surface area contributed by atoms with E-state index in [2.05, 4.69) is 31.0 Å². The quantitative estimate of drug-likeness (QED) is 0.750. The van der Waals surface area contributed by atoms with E-state index in [9.17, 15) is 9.90 Å². The first-order valence-electron chi connectivity index (χ1n) is 9.93. The van der Waals surface area contributed by atoms with Gasteiger partial charge in [-0.2, -0.15) is 0 Å². The molecule has 1 aromatic heterocycles. The number of likely N-dealkylation sites (tertiary alicyclic amines) is 1. The minimum atomic E-state index is -0.510. The molecule has 144 valence electrons. The number of pyridine rings is 1. The summed E-state index contributed by atoms with van der Waals surface area (Å²) in [5.74, 6) is 0.413. The van der Waals surface area contributed by atoms with E-state index in [0.29, 0.717) is 24.6 Å². The van der Waals surface area contributed by atoms with Gasteiger partial charge in [0.2, 0.25) is 0 Å². The van der Waals surface area contributed by atoms with Gasteiger partial charge in [-0.1, -0.05) is 44.2 Å². The highest BCUT2D eigenvalue weighted by Gasteiger charge is 2.34. The van der Waals surface area contributed by atoms with Crippen LogP contribution in [-0.4, -0.2) is 40.1 Å². The highest BCUT2D eigenvalue weighted by molar-refractivity contribution is 5.94. The Morgan fingerprint density at radius 1 is 1.14 bits per heavy atom. The zero-order valence-corrected chi connectivity index (χ0v) is 16.4. The van der Waals surface area contributed by atoms with Gasteiger partial charge in [0, 0.05) is 36.2 Å². The van der Waals surface area contributed by atoms with E-state index in [4.69, 9.17) is 0 Å². The Labute approximate surface area is 165 Å². The van der Waals surface area contributed by atoms with Gasteiger partial charge in [0.1, 0.15) is 0 Å². The van der Waals surface area contributed by atoms with Crippen molar-refractivity contribution in [1.82, 2.24) is 9.88 Å². The maximum absolute atomic E-state index is 13.0. The number of benzene rings is 2. The molecule has 1 fully saturated rings. The van der Waals surface area contributed by atoms with Gasteiger partial charge in [-0.25, -0.2) is 0 Å². The van der Waals surface area contributed by atoms with Crippen molar-refractivity contribution in [3.63, 3.8) is 0 Å². The van der Waals surface area contributed by atoms with Crippen LogP contribution < -0.4 is 0 Å². The lowest BCUT2D eigenvalue weighted by molar-refractivity contribution is 0.0764. The summed E-state index contributed by atoms with van der Waals surface area (Å²) in [6.45, 7) is 5.21. The highest BCUT2D eigenvalue weighted by Crippen LogP contribution is 2.27. The number of aliphatic hydroxyl groups excluding tert-OH is 1. The lowest BCUT2D eigenvalue weighted by atomic mass is 9.94. The van der Waals surface area contributed by atoms with Gasteiger partial charge in [0.15, 0.2) is 0 Å². The third kappa shape index (κ3) is 3.65. The molecule has 0 spiro atoms. The number of para-hydroxylation sites is 1. The van der Waals surface area contributed by atoms with Crippen LogP contribution in [0.1, 0.15) is 41.3 Å². The van der Waals surface area contributed by atoms with Crippen LogP contribution in [0.25, 0.3) is 10.9 Å². The molecule has 1 aliphatic heterocycles. The molecule has 0 saturated carbocycles. The van der Waals surface area contributed by atoms with Gasteiger partial charge < -0.3 is 10.0 Å². The third-order valence-corrected chi connectivity index (χ3v) is 5.72. The number of carbonyl (C=O) groups is 1. The standard InChI is InChI=1S/C24H26N2O2/c1-16(2)17-6-5-7-19(12-17)24(28)26-14-20(23(27)15-26)13-18-10-11-25-22-9-4-3-8-21(18)22/h3-12,16,20,23,27H,13-15H2,1-2H3/t20-,23+/m1/s1. The Bertz CT molecular complexity index is 993. The van der Waals surface area contributed by atoms with Crippen LogP contribution in [0.15, 0.2) is 60.8 Å². The van der Waals surface area contributed by atoms with Gasteiger partial charge in [0.05, 0.1) is 11.6 Å². The van der Waals surface area contributed by atoms with Gasteiger partial charge in [0.25, 0.3) is 5.91 Å². The average Bonchev–Trinajstić information content (AvgIpc) is 3.08. The molecule has 0 radical (unpaired) electrons. The predicted octanol–water partition coefficient (Wildman–Crippen LogP) is 4.03. The lowest BCUT2D eigenvalue weighted by Gasteiger charge is -2.17. The zero-order chi connectivity index (χ0) is 19.7. The molecule has 4 heteroatoms. The van der Waals surface area contributed by atoms with Crippen LogP contribution in [-0.2, 0) is 6.42 Å². The molecule has 0 unspecified atom stereocenters. The third-order valence-electron chi connectivity index (χ3n) is 5.72. The number of carbonyl (C=O) groups excluding carboxylic acids is 1. The van der Waals surface area contributed by atoms with Crippen molar-refractivity contribution in [3.8, 4) is 0 Å². The number of aromatic nitrogens is 1.